The van der Waals surface area contributed by atoms with Crippen LogP contribution in [0.15, 0.2) is 8.95 Å². The molecule has 0 amide bonds. The van der Waals surface area contributed by atoms with Crippen LogP contribution in [-0.4, -0.2) is 26.0 Å². The maximum atomic E-state index is 10.4. The number of hydrogen-bond acceptors (Lipinski definition) is 2. The number of aromatic hydroxyl groups is 1. The average molecular weight is 564 g/mol. The Morgan fingerprint density at radius 2 is 1.23 bits per heavy atom. The number of rotatable bonds is 1. The van der Waals surface area contributed by atoms with E-state index in [-0.39, 0.29) is 33.5 Å². The lowest BCUT2D eigenvalue weighted by atomic mass is 9.71. The van der Waals surface area contributed by atoms with E-state index in [4.69, 9.17) is 0 Å². The number of aliphatic hydroxyl groups is 1. The van der Waals surface area contributed by atoms with Gasteiger partial charge in [-0.2, -0.15) is 0 Å². The molecule has 1 saturated carbocycles. The van der Waals surface area contributed by atoms with Crippen molar-refractivity contribution in [2.45, 2.75) is 49.4 Å². The Morgan fingerprint density at radius 3 is 1.59 bits per heavy atom. The van der Waals surface area contributed by atoms with E-state index >= 15 is 0 Å². The number of benzene rings is 1. The predicted octanol–water partition coefficient (Wildman–Crippen LogP) is 5.79. The normalized spacial score (nSPS) is 35.7. The molecule has 0 bridgehead atoms. The molecule has 0 radical (unpaired) electrons. The second-order valence-corrected chi connectivity index (χ2v) is 9.96. The second kappa shape index (κ2) is 7.03. The first kappa shape index (κ1) is 19.2. The molecule has 4 atom stereocenters. The monoisotopic (exact) mass is 560 g/mol. The van der Waals surface area contributed by atoms with E-state index in [1.165, 1.54) is 0 Å². The van der Waals surface area contributed by atoms with Crippen LogP contribution in [0.2, 0.25) is 0 Å². The van der Waals surface area contributed by atoms with Crippen molar-refractivity contribution in [2.75, 3.05) is 0 Å². The highest BCUT2D eigenvalue weighted by Gasteiger charge is 2.46. The topological polar surface area (TPSA) is 40.5 Å². The van der Waals surface area contributed by atoms with Crippen LogP contribution in [-0.2, 0) is 0 Å². The van der Waals surface area contributed by atoms with Crippen LogP contribution in [0.4, 0.5) is 0 Å². The highest BCUT2D eigenvalue weighted by atomic mass is 79.9. The molecule has 124 valence electrons. The zero-order valence-corrected chi connectivity index (χ0v) is 19.2. The van der Waals surface area contributed by atoms with E-state index in [1.807, 2.05) is 13.8 Å². The largest absolute Gasteiger partial charge is 0.507 e. The summed E-state index contributed by atoms with van der Waals surface area (Å²) in [4.78, 5) is 0.276. The summed E-state index contributed by atoms with van der Waals surface area (Å²) in [5.41, 5.74) is 2.84. The van der Waals surface area contributed by atoms with Gasteiger partial charge in [-0.1, -0.05) is 77.6 Å². The number of halogens is 4. The van der Waals surface area contributed by atoms with Gasteiger partial charge in [-0.15, -0.1) is 0 Å². The molecule has 6 heteroatoms. The molecular formula is C16H20Br4O2. The van der Waals surface area contributed by atoms with Gasteiger partial charge < -0.3 is 10.2 Å². The molecular weight excluding hydrogens is 544 g/mol. The van der Waals surface area contributed by atoms with Gasteiger partial charge in [0, 0.05) is 35.6 Å². The fourth-order valence-electron chi connectivity index (χ4n) is 3.29. The molecule has 1 aliphatic rings. The maximum absolute atomic E-state index is 10.4. The molecule has 22 heavy (non-hydrogen) atoms. The van der Waals surface area contributed by atoms with Crippen LogP contribution in [0.3, 0.4) is 0 Å². The molecule has 0 spiro atoms. The standard InChI is InChI=1S/C16H20Br4O2/c1-5-11(17)9(12(18)6(2)15(5)21)10-13(19)7(3)16(22)8(4)14(10)20/h5-6,9,11-12,15,21-22H,1-4H3. The molecule has 0 saturated heterocycles. The number of aliphatic hydroxyl groups excluding tert-OH is 1. The van der Waals surface area contributed by atoms with E-state index in [2.05, 4.69) is 77.6 Å². The lowest BCUT2D eigenvalue weighted by Crippen LogP contribution is -2.47. The summed E-state index contributed by atoms with van der Waals surface area (Å²) in [7, 11) is 0. The quantitative estimate of drug-likeness (QED) is 0.425. The van der Waals surface area contributed by atoms with Crippen LogP contribution in [0.5, 0.6) is 5.75 Å². The van der Waals surface area contributed by atoms with Gasteiger partial charge >= 0.3 is 0 Å². The second-order valence-electron chi connectivity index (χ2n) is 6.26. The van der Waals surface area contributed by atoms with Gasteiger partial charge in [-0.3, -0.25) is 0 Å². The average Bonchev–Trinajstić information content (AvgIpc) is 2.50. The van der Waals surface area contributed by atoms with Crippen LogP contribution in [0.1, 0.15) is 36.5 Å². The molecule has 0 heterocycles. The Bertz CT molecular complexity index is 545. The molecule has 4 unspecified atom stereocenters. The summed E-state index contributed by atoms with van der Waals surface area (Å²) in [5.74, 6) is 0.774. The lowest BCUT2D eigenvalue weighted by Gasteiger charge is -2.45. The van der Waals surface area contributed by atoms with E-state index in [9.17, 15) is 10.2 Å². The zero-order valence-electron chi connectivity index (χ0n) is 12.9. The molecule has 1 aromatic carbocycles. The Labute approximate surface area is 165 Å². The van der Waals surface area contributed by atoms with Crippen molar-refractivity contribution in [3.05, 3.63) is 25.6 Å². The fraction of sp³-hybridized carbons (Fsp3) is 0.625. The number of phenols is 1. The summed E-state index contributed by atoms with van der Waals surface area (Å²) >= 11 is 14.9. The van der Waals surface area contributed by atoms with E-state index in [1.54, 1.807) is 0 Å². The molecule has 2 nitrogen and oxygen atoms in total. The fourth-order valence-corrected chi connectivity index (χ4v) is 7.07. The first-order chi connectivity index (χ1) is 10.1. The Morgan fingerprint density at radius 1 is 0.864 bits per heavy atom. The summed E-state index contributed by atoms with van der Waals surface area (Å²) in [5, 5.41) is 20.7. The summed E-state index contributed by atoms with van der Waals surface area (Å²) in [6.07, 6.45) is -0.346. The molecule has 1 fully saturated rings. The van der Waals surface area contributed by atoms with E-state index in [0.717, 1.165) is 25.6 Å². The Balaban J connectivity index is 2.65. The first-order valence-corrected chi connectivity index (χ1v) is 10.7. The van der Waals surface area contributed by atoms with Crippen LogP contribution in [0, 0.1) is 25.7 Å². The van der Waals surface area contributed by atoms with Gasteiger partial charge in [0.2, 0.25) is 0 Å². The molecule has 2 N–H and O–H groups in total. The maximum Gasteiger partial charge on any atom is 0.123 e. The molecule has 1 aromatic rings. The minimum Gasteiger partial charge on any atom is -0.507 e. The van der Waals surface area contributed by atoms with Crippen molar-refractivity contribution < 1.29 is 10.2 Å². The van der Waals surface area contributed by atoms with Crippen molar-refractivity contribution in [3.8, 4) is 5.75 Å². The third-order valence-corrected chi connectivity index (χ3v) is 9.79. The van der Waals surface area contributed by atoms with Gasteiger partial charge in [0.25, 0.3) is 0 Å². The van der Waals surface area contributed by atoms with Gasteiger partial charge in [-0.25, -0.2) is 0 Å². The van der Waals surface area contributed by atoms with Crippen molar-refractivity contribution in [2.24, 2.45) is 11.8 Å². The summed E-state index contributed by atoms with van der Waals surface area (Å²) < 4.78 is 1.86. The third-order valence-electron chi connectivity index (χ3n) is 4.94. The van der Waals surface area contributed by atoms with Crippen molar-refractivity contribution in [1.29, 1.82) is 0 Å². The lowest BCUT2D eigenvalue weighted by molar-refractivity contribution is 0.0353. The first-order valence-electron chi connectivity index (χ1n) is 7.24. The van der Waals surface area contributed by atoms with E-state index in [0.29, 0.717) is 5.75 Å². The van der Waals surface area contributed by atoms with Crippen molar-refractivity contribution in [3.63, 3.8) is 0 Å². The Kier molecular flexibility index (Phi) is 6.14. The number of alkyl halides is 2. The van der Waals surface area contributed by atoms with Crippen LogP contribution < -0.4 is 0 Å². The minimum absolute atomic E-state index is 0.138. The molecule has 0 aliphatic heterocycles. The molecule has 0 aromatic heterocycles. The third kappa shape index (κ3) is 2.96. The summed E-state index contributed by atoms with van der Waals surface area (Å²) in [6.45, 7) is 7.99. The van der Waals surface area contributed by atoms with E-state index < -0.39 is 0 Å². The van der Waals surface area contributed by atoms with Gasteiger partial charge in [-0.05, 0) is 31.2 Å². The van der Waals surface area contributed by atoms with Gasteiger partial charge in [0.1, 0.15) is 5.75 Å². The predicted molar refractivity (Wildman–Crippen MR) is 105 cm³/mol. The molecule has 1 aliphatic carbocycles. The van der Waals surface area contributed by atoms with Crippen molar-refractivity contribution >= 4 is 63.7 Å². The summed E-state index contributed by atoms with van der Waals surface area (Å²) in [6, 6.07) is 0. The highest BCUT2D eigenvalue weighted by Crippen LogP contribution is 2.52. The number of phenolic OH excluding ortho intramolecular Hbond substituents is 1. The van der Waals surface area contributed by atoms with Gasteiger partial charge in [0.05, 0.1) is 6.10 Å². The smallest absolute Gasteiger partial charge is 0.123 e. The zero-order chi connectivity index (χ0) is 16.9. The highest BCUT2D eigenvalue weighted by molar-refractivity contribution is 9.11. The van der Waals surface area contributed by atoms with Crippen LogP contribution >= 0.6 is 63.7 Å². The Hall–Kier alpha value is 0.900. The number of hydrogen-bond donors (Lipinski definition) is 2. The van der Waals surface area contributed by atoms with Crippen molar-refractivity contribution in [1.82, 2.24) is 0 Å². The minimum atomic E-state index is -0.346. The van der Waals surface area contributed by atoms with Gasteiger partial charge in [0.15, 0.2) is 0 Å². The molecule has 2 rings (SSSR count). The SMILES string of the molecule is Cc1c(O)c(C)c(Br)c(C2C(Br)C(C)C(O)C(C)C2Br)c1Br. The van der Waals surface area contributed by atoms with Crippen LogP contribution in [0.25, 0.3) is 0 Å².